The van der Waals surface area contributed by atoms with Gasteiger partial charge in [0.05, 0.1) is 0 Å². The molecule has 0 aliphatic carbocycles. The molecule has 0 bridgehead atoms. The smallest absolute Gasteiger partial charge is 0.225 e. The second-order valence-electron chi connectivity index (χ2n) is 5.38. The molecule has 0 saturated heterocycles. The first-order chi connectivity index (χ1) is 8.18. The van der Waals surface area contributed by atoms with Crippen molar-refractivity contribution in [3.05, 3.63) is 29.0 Å². The molecule has 18 heavy (non-hydrogen) atoms. The van der Waals surface area contributed by atoms with E-state index in [2.05, 4.69) is 5.32 Å². The molecule has 0 radical (unpaired) electrons. The standard InChI is InChI=1S/C13H18ClFN2O/c1-13(2,3)11(16)7-12(18)17-10-5-8(14)4-9(15)6-10/h4-6,11H,7,16H2,1-3H3,(H,17,18). The molecule has 0 saturated carbocycles. The van der Waals surface area contributed by atoms with Crippen molar-refractivity contribution in [1.29, 1.82) is 0 Å². The molecule has 0 aliphatic heterocycles. The zero-order chi connectivity index (χ0) is 13.9. The Labute approximate surface area is 112 Å². The predicted molar refractivity (Wildman–Crippen MR) is 72.1 cm³/mol. The van der Waals surface area contributed by atoms with Gasteiger partial charge in [0.15, 0.2) is 0 Å². The van der Waals surface area contributed by atoms with Crippen LogP contribution >= 0.6 is 11.6 Å². The van der Waals surface area contributed by atoms with Gasteiger partial charge in [-0.1, -0.05) is 32.4 Å². The second kappa shape index (κ2) is 5.67. The van der Waals surface area contributed by atoms with Crippen LogP contribution in [0.15, 0.2) is 18.2 Å². The molecule has 0 heterocycles. The highest BCUT2D eigenvalue weighted by atomic mass is 35.5. The molecule has 3 nitrogen and oxygen atoms in total. The highest BCUT2D eigenvalue weighted by molar-refractivity contribution is 6.30. The van der Waals surface area contributed by atoms with Crippen molar-refractivity contribution in [3.63, 3.8) is 0 Å². The van der Waals surface area contributed by atoms with Gasteiger partial charge in [-0.05, 0) is 23.6 Å². The van der Waals surface area contributed by atoms with Crippen molar-refractivity contribution >= 4 is 23.2 Å². The van der Waals surface area contributed by atoms with Gasteiger partial charge in [-0.15, -0.1) is 0 Å². The van der Waals surface area contributed by atoms with Crippen LogP contribution in [0, 0.1) is 11.2 Å². The molecule has 0 fully saturated rings. The number of anilines is 1. The number of carbonyl (C=O) groups is 1. The van der Waals surface area contributed by atoms with Gasteiger partial charge < -0.3 is 11.1 Å². The lowest BCUT2D eigenvalue weighted by atomic mass is 9.85. The zero-order valence-corrected chi connectivity index (χ0v) is 11.5. The Hall–Kier alpha value is -1.13. The van der Waals surface area contributed by atoms with Gasteiger partial charge >= 0.3 is 0 Å². The van der Waals surface area contributed by atoms with Gasteiger partial charge in [0.2, 0.25) is 5.91 Å². The Bertz CT molecular complexity index is 423. The summed E-state index contributed by atoms with van der Waals surface area (Å²) in [6, 6.07) is 3.62. The Morgan fingerprint density at radius 3 is 2.56 bits per heavy atom. The molecular formula is C13H18ClFN2O. The number of hydrogen-bond acceptors (Lipinski definition) is 2. The average molecular weight is 273 g/mol. The SMILES string of the molecule is CC(C)(C)C(N)CC(=O)Nc1cc(F)cc(Cl)c1. The van der Waals surface area contributed by atoms with E-state index < -0.39 is 5.82 Å². The van der Waals surface area contributed by atoms with Gasteiger partial charge in [-0.25, -0.2) is 4.39 Å². The number of rotatable bonds is 3. The van der Waals surface area contributed by atoms with E-state index in [0.29, 0.717) is 5.69 Å². The van der Waals surface area contributed by atoms with E-state index in [-0.39, 0.29) is 28.8 Å². The molecule has 5 heteroatoms. The molecule has 1 aromatic carbocycles. The molecule has 1 rings (SSSR count). The highest BCUT2D eigenvalue weighted by Gasteiger charge is 2.23. The van der Waals surface area contributed by atoms with Gasteiger partial charge in [-0.2, -0.15) is 0 Å². The van der Waals surface area contributed by atoms with Crippen molar-refractivity contribution in [2.45, 2.75) is 33.2 Å². The van der Waals surface area contributed by atoms with E-state index in [9.17, 15) is 9.18 Å². The predicted octanol–water partition coefficient (Wildman–Crippen LogP) is 3.18. The first-order valence-electron chi connectivity index (χ1n) is 5.70. The minimum absolute atomic E-state index is 0.156. The summed E-state index contributed by atoms with van der Waals surface area (Å²) < 4.78 is 13.1. The van der Waals surface area contributed by atoms with Crippen LogP contribution in [0.3, 0.4) is 0 Å². The van der Waals surface area contributed by atoms with Crippen LogP contribution in [0.5, 0.6) is 0 Å². The van der Waals surface area contributed by atoms with E-state index in [4.69, 9.17) is 17.3 Å². The van der Waals surface area contributed by atoms with Crippen LogP contribution < -0.4 is 11.1 Å². The van der Waals surface area contributed by atoms with Gasteiger partial charge in [0.25, 0.3) is 0 Å². The molecule has 1 atom stereocenters. The van der Waals surface area contributed by atoms with E-state index in [1.54, 1.807) is 0 Å². The maximum absolute atomic E-state index is 13.1. The van der Waals surface area contributed by atoms with E-state index in [0.717, 1.165) is 0 Å². The molecular weight excluding hydrogens is 255 g/mol. The first kappa shape index (κ1) is 14.9. The van der Waals surface area contributed by atoms with Crippen molar-refractivity contribution in [2.75, 3.05) is 5.32 Å². The Morgan fingerprint density at radius 1 is 1.44 bits per heavy atom. The third-order valence-corrected chi connectivity index (χ3v) is 2.88. The van der Waals surface area contributed by atoms with E-state index in [1.807, 2.05) is 20.8 Å². The summed E-state index contributed by atoms with van der Waals surface area (Å²) in [4.78, 5) is 11.7. The van der Waals surface area contributed by atoms with Crippen LogP contribution in [0.2, 0.25) is 5.02 Å². The summed E-state index contributed by atoms with van der Waals surface area (Å²) in [5.41, 5.74) is 6.09. The number of amides is 1. The summed E-state index contributed by atoms with van der Waals surface area (Å²) >= 11 is 5.70. The lowest BCUT2D eigenvalue weighted by molar-refractivity contribution is -0.117. The third-order valence-electron chi connectivity index (χ3n) is 2.66. The molecule has 1 amide bonds. The van der Waals surface area contributed by atoms with Crippen molar-refractivity contribution in [1.82, 2.24) is 0 Å². The fourth-order valence-electron chi connectivity index (χ4n) is 1.34. The lowest BCUT2D eigenvalue weighted by Crippen LogP contribution is -2.38. The summed E-state index contributed by atoms with van der Waals surface area (Å²) in [5, 5.41) is 2.82. The minimum atomic E-state index is -0.488. The number of benzene rings is 1. The number of hydrogen-bond donors (Lipinski definition) is 2. The molecule has 1 unspecified atom stereocenters. The summed E-state index contributed by atoms with van der Waals surface area (Å²) in [7, 11) is 0. The fraction of sp³-hybridized carbons (Fsp3) is 0.462. The monoisotopic (exact) mass is 272 g/mol. The van der Waals surface area contributed by atoms with Crippen molar-refractivity contribution in [3.8, 4) is 0 Å². The van der Waals surface area contributed by atoms with Crippen molar-refractivity contribution in [2.24, 2.45) is 11.1 Å². The lowest BCUT2D eigenvalue weighted by Gasteiger charge is -2.26. The third kappa shape index (κ3) is 4.63. The number of nitrogens with one attached hydrogen (secondary N) is 1. The fourth-order valence-corrected chi connectivity index (χ4v) is 1.57. The first-order valence-corrected chi connectivity index (χ1v) is 6.08. The topological polar surface area (TPSA) is 55.1 Å². The summed E-state index contributed by atoms with van der Waals surface area (Å²) in [6.07, 6.45) is 0.178. The molecule has 0 spiro atoms. The molecule has 1 aromatic rings. The van der Waals surface area contributed by atoms with Gasteiger partial charge in [-0.3, -0.25) is 4.79 Å². The van der Waals surface area contributed by atoms with E-state index in [1.165, 1.54) is 18.2 Å². The zero-order valence-electron chi connectivity index (χ0n) is 10.8. The normalized spacial score (nSPS) is 13.2. The van der Waals surface area contributed by atoms with Crippen molar-refractivity contribution < 1.29 is 9.18 Å². The number of nitrogens with two attached hydrogens (primary N) is 1. The molecule has 3 N–H and O–H groups in total. The second-order valence-corrected chi connectivity index (χ2v) is 5.82. The van der Waals surface area contributed by atoms with Crippen LogP contribution in [0.25, 0.3) is 0 Å². The largest absolute Gasteiger partial charge is 0.327 e. The van der Waals surface area contributed by atoms with Crippen LogP contribution in [0.4, 0.5) is 10.1 Å². The molecule has 0 aromatic heterocycles. The average Bonchev–Trinajstić information content (AvgIpc) is 2.13. The van der Waals surface area contributed by atoms with Crippen LogP contribution in [-0.2, 0) is 4.79 Å². The van der Waals surface area contributed by atoms with E-state index >= 15 is 0 Å². The van der Waals surface area contributed by atoms with Crippen LogP contribution in [-0.4, -0.2) is 11.9 Å². The van der Waals surface area contributed by atoms with Crippen LogP contribution in [0.1, 0.15) is 27.2 Å². The van der Waals surface area contributed by atoms with Gasteiger partial charge in [0, 0.05) is 23.2 Å². The Balaban J connectivity index is 2.65. The van der Waals surface area contributed by atoms with Gasteiger partial charge in [0.1, 0.15) is 5.82 Å². The highest BCUT2D eigenvalue weighted by Crippen LogP contribution is 2.21. The number of halogens is 2. The summed E-state index contributed by atoms with van der Waals surface area (Å²) in [6.45, 7) is 5.89. The summed E-state index contributed by atoms with van der Waals surface area (Å²) in [5.74, 6) is -0.739. The molecule has 100 valence electrons. The Kier molecular flexibility index (Phi) is 4.71. The molecule has 0 aliphatic rings. The number of carbonyl (C=O) groups excluding carboxylic acids is 1. The maximum atomic E-state index is 13.1. The minimum Gasteiger partial charge on any atom is -0.327 e. The Morgan fingerprint density at radius 2 is 2.06 bits per heavy atom. The quantitative estimate of drug-likeness (QED) is 0.888. The maximum Gasteiger partial charge on any atom is 0.225 e.